The zero-order valence-corrected chi connectivity index (χ0v) is 12.3. The lowest BCUT2D eigenvalue weighted by molar-refractivity contribution is -0.147. The Morgan fingerprint density at radius 3 is 2.52 bits per heavy atom. The average molecular weight is 287 g/mol. The van der Waals surface area contributed by atoms with Gasteiger partial charge in [-0.15, -0.1) is 0 Å². The lowest BCUT2D eigenvalue weighted by Crippen LogP contribution is -2.49. The summed E-state index contributed by atoms with van der Waals surface area (Å²) >= 11 is 0. The van der Waals surface area contributed by atoms with Crippen molar-refractivity contribution in [2.75, 3.05) is 0 Å². The van der Waals surface area contributed by atoms with E-state index >= 15 is 0 Å². The standard InChI is InChI=1S/C17H21NO3/c1-17(16(20)21,14-10-6-3-7-11-14)18-15(19)12-13-8-4-2-5-9-13/h3,6-8,10-11H,2,4-5,9,12H2,1H3,(H,18,19)(H,20,21). The summed E-state index contributed by atoms with van der Waals surface area (Å²) in [6.45, 7) is 1.53. The van der Waals surface area contributed by atoms with Crippen LogP contribution in [-0.2, 0) is 15.1 Å². The lowest BCUT2D eigenvalue weighted by Gasteiger charge is -2.27. The minimum absolute atomic E-state index is 0.239. The van der Waals surface area contributed by atoms with E-state index in [0.29, 0.717) is 5.56 Å². The zero-order chi connectivity index (χ0) is 15.3. The number of hydrogen-bond acceptors (Lipinski definition) is 2. The second-order valence-electron chi connectivity index (χ2n) is 5.63. The second kappa shape index (κ2) is 6.57. The number of nitrogens with one attached hydrogen (secondary N) is 1. The number of carbonyl (C=O) groups is 2. The van der Waals surface area contributed by atoms with Crippen LogP contribution in [0.25, 0.3) is 0 Å². The van der Waals surface area contributed by atoms with Crippen molar-refractivity contribution in [3.8, 4) is 0 Å². The molecule has 0 saturated carbocycles. The molecule has 1 aromatic rings. The molecule has 1 unspecified atom stereocenters. The fourth-order valence-corrected chi connectivity index (χ4v) is 2.62. The van der Waals surface area contributed by atoms with E-state index in [1.54, 1.807) is 24.3 Å². The Bertz CT molecular complexity index is 550. The molecule has 21 heavy (non-hydrogen) atoms. The SMILES string of the molecule is CC(NC(=O)CC1=CCCCC1)(C(=O)O)c1ccccc1. The molecule has 1 aliphatic rings. The molecule has 1 aliphatic carbocycles. The highest BCUT2D eigenvalue weighted by molar-refractivity contribution is 5.88. The van der Waals surface area contributed by atoms with Crippen molar-refractivity contribution >= 4 is 11.9 Å². The van der Waals surface area contributed by atoms with Crippen LogP contribution in [0.2, 0.25) is 0 Å². The van der Waals surface area contributed by atoms with Gasteiger partial charge in [0, 0.05) is 6.42 Å². The molecule has 0 fully saturated rings. The van der Waals surface area contributed by atoms with Gasteiger partial charge in [-0.25, -0.2) is 4.79 Å². The number of aliphatic carboxylic acids is 1. The highest BCUT2D eigenvalue weighted by Gasteiger charge is 2.36. The molecule has 1 aromatic carbocycles. The van der Waals surface area contributed by atoms with Gasteiger partial charge in [0.05, 0.1) is 0 Å². The van der Waals surface area contributed by atoms with E-state index in [1.807, 2.05) is 6.07 Å². The molecular formula is C17H21NO3. The summed E-state index contributed by atoms with van der Waals surface area (Å²) in [7, 11) is 0. The maximum Gasteiger partial charge on any atom is 0.333 e. The first kappa shape index (κ1) is 15.3. The van der Waals surface area contributed by atoms with Crippen LogP contribution in [0.5, 0.6) is 0 Å². The van der Waals surface area contributed by atoms with Crippen LogP contribution in [-0.4, -0.2) is 17.0 Å². The molecule has 0 spiro atoms. The third kappa shape index (κ3) is 3.72. The summed E-state index contributed by atoms with van der Waals surface area (Å²) in [6, 6.07) is 8.79. The van der Waals surface area contributed by atoms with Crippen LogP contribution >= 0.6 is 0 Å². The number of carbonyl (C=O) groups excluding carboxylic acids is 1. The maximum absolute atomic E-state index is 12.2. The molecular weight excluding hydrogens is 266 g/mol. The number of hydrogen-bond donors (Lipinski definition) is 2. The van der Waals surface area contributed by atoms with E-state index in [9.17, 15) is 14.7 Å². The van der Waals surface area contributed by atoms with Gasteiger partial charge in [0.15, 0.2) is 5.54 Å². The smallest absolute Gasteiger partial charge is 0.333 e. The minimum atomic E-state index is -1.40. The van der Waals surface area contributed by atoms with Crippen LogP contribution in [0, 0.1) is 0 Å². The Morgan fingerprint density at radius 1 is 1.24 bits per heavy atom. The van der Waals surface area contributed by atoms with Crippen molar-refractivity contribution in [2.24, 2.45) is 0 Å². The van der Waals surface area contributed by atoms with Gasteiger partial charge in [-0.05, 0) is 38.2 Å². The molecule has 0 radical (unpaired) electrons. The fraction of sp³-hybridized carbons (Fsp3) is 0.412. The van der Waals surface area contributed by atoms with Gasteiger partial charge in [0.1, 0.15) is 0 Å². The Labute approximate surface area is 124 Å². The van der Waals surface area contributed by atoms with Crippen molar-refractivity contribution in [3.63, 3.8) is 0 Å². The first-order valence-electron chi connectivity index (χ1n) is 7.30. The summed E-state index contributed by atoms with van der Waals surface area (Å²) < 4.78 is 0. The number of amides is 1. The van der Waals surface area contributed by atoms with Gasteiger partial charge in [0.25, 0.3) is 0 Å². The van der Waals surface area contributed by atoms with Crippen molar-refractivity contribution < 1.29 is 14.7 Å². The molecule has 1 amide bonds. The van der Waals surface area contributed by atoms with Crippen LogP contribution in [0.15, 0.2) is 42.0 Å². The minimum Gasteiger partial charge on any atom is -0.479 e. The largest absolute Gasteiger partial charge is 0.479 e. The van der Waals surface area contributed by atoms with Gasteiger partial charge < -0.3 is 10.4 Å². The van der Waals surface area contributed by atoms with E-state index in [1.165, 1.54) is 13.3 Å². The molecule has 4 nitrogen and oxygen atoms in total. The van der Waals surface area contributed by atoms with E-state index < -0.39 is 11.5 Å². The van der Waals surface area contributed by atoms with Crippen molar-refractivity contribution in [1.82, 2.24) is 5.32 Å². The summed E-state index contributed by atoms with van der Waals surface area (Å²) in [5.41, 5.74) is 0.288. The predicted molar refractivity (Wildman–Crippen MR) is 80.7 cm³/mol. The molecule has 2 rings (SSSR count). The van der Waals surface area contributed by atoms with Crippen LogP contribution in [0.1, 0.15) is 44.6 Å². The third-order valence-corrected chi connectivity index (χ3v) is 3.94. The lowest BCUT2D eigenvalue weighted by atomic mass is 9.91. The van der Waals surface area contributed by atoms with Gasteiger partial charge in [0.2, 0.25) is 5.91 Å². The Balaban J connectivity index is 2.11. The third-order valence-electron chi connectivity index (χ3n) is 3.94. The highest BCUT2D eigenvalue weighted by Crippen LogP contribution is 2.23. The van der Waals surface area contributed by atoms with Crippen LogP contribution < -0.4 is 5.32 Å². The molecule has 0 bridgehead atoms. The second-order valence-corrected chi connectivity index (χ2v) is 5.63. The van der Waals surface area contributed by atoms with Crippen molar-refractivity contribution in [2.45, 2.75) is 44.6 Å². The summed E-state index contributed by atoms with van der Waals surface area (Å²) in [5, 5.41) is 12.2. The zero-order valence-electron chi connectivity index (χ0n) is 12.3. The number of allylic oxidation sites excluding steroid dienone is 1. The number of carboxylic acid groups (broad SMARTS) is 1. The molecule has 112 valence electrons. The van der Waals surface area contributed by atoms with E-state index in [4.69, 9.17) is 0 Å². The van der Waals surface area contributed by atoms with Crippen LogP contribution in [0.4, 0.5) is 0 Å². The molecule has 0 aliphatic heterocycles. The van der Waals surface area contributed by atoms with E-state index in [2.05, 4.69) is 11.4 Å². The first-order valence-corrected chi connectivity index (χ1v) is 7.30. The van der Waals surface area contributed by atoms with E-state index in [-0.39, 0.29) is 12.3 Å². The first-order chi connectivity index (χ1) is 10.0. The summed E-state index contributed by atoms with van der Waals surface area (Å²) in [4.78, 5) is 23.8. The maximum atomic E-state index is 12.2. The topological polar surface area (TPSA) is 66.4 Å². The van der Waals surface area contributed by atoms with Crippen molar-refractivity contribution in [3.05, 3.63) is 47.5 Å². The van der Waals surface area contributed by atoms with Gasteiger partial charge in [-0.3, -0.25) is 4.79 Å². The quantitative estimate of drug-likeness (QED) is 0.818. The fourth-order valence-electron chi connectivity index (χ4n) is 2.62. The number of carboxylic acids is 1. The Hall–Kier alpha value is -2.10. The monoisotopic (exact) mass is 287 g/mol. The molecule has 0 heterocycles. The predicted octanol–water partition coefficient (Wildman–Crippen LogP) is 2.99. The number of benzene rings is 1. The van der Waals surface area contributed by atoms with Gasteiger partial charge in [-0.2, -0.15) is 0 Å². The van der Waals surface area contributed by atoms with Gasteiger partial charge in [-0.1, -0.05) is 42.0 Å². The van der Waals surface area contributed by atoms with E-state index in [0.717, 1.165) is 24.8 Å². The van der Waals surface area contributed by atoms with Crippen LogP contribution in [0.3, 0.4) is 0 Å². The normalized spacial score (nSPS) is 17.5. The number of rotatable bonds is 5. The molecule has 4 heteroatoms. The Kier molecular flexibility index (Phi) is 4.78. The molecule has 0 aromatic heterocycles. The van der Waals surface area contributed by atoms with Crippen molar-refractivity contribution in [1.29, 1.82) is 0 Å². The Morgan fingerprint density at radius 2 is 1.95 bits per heavy atom. The summed E-state index contributed by atoms with van der Waals surface area (Å²) in [5.74, 6) is -1.29. The molecule has 0 saturated heterocycles. The molecule has 1 atom stereocenters. The molecule has 2 N–H and O–H groups in total. The average Bonchev–Trinajstić information content (AvgIpc) is 2.48. The summed E-state index contributed by atoms with van der Waals surface area (Å²) in [6.07, 6.45) is 6.61. The highest BCUT2D eigenvalue weighted by atomic mass is 16.4. The van der Waals surface area contributed by atoms with Gasteiger partial charge >= 0.3 is 5.97 Å².